The third-order valence-corrected chi connectivity index (χ3v) is 3.17. The van der Waals surface area contributed by atoms with Crippen molar-refractivity contribution in [2.24, 2.45) is 0 Å². The Balaban J connectivity index is 1.91. The first-order chi connectivity index (χ1) is 7.77. The first-order valence-corrected chi connectivity index (χ1v) is 5.98. The number of hydrogen-bond acceptors (Lipinski definition) is 3. The fourth-order valence-corrected chi connectivity index (χ4v) is 2.04. The largest absolute Gasteiger partial charge is 0.398 e. The van der Waals surface area contributed by atoms with Gasteiger partial charge in [-0.15, -0.1) is 0 Å². The van der Waals surface area contributed by atoms with Crippen LogP contribution in [0.15, 0.2) is 18.2 Å². The van der Waals surface area contributed by atoms with E-state index >= 15 is 0 Å². The Kier molecular flexibility index (Phi) is 3.67. The highest BCUT2D eigenvalue weighted by atomic mass is 16.5. The van der Waals surface area contributed by atoms with Crippen LogP contribution in [0.2, 0.25) is 0 Å². The molecule has 0 amide bonds. The predicted octanol–water partition coefficient (Wildman–Crippen LogP) is 2.56. The molecule has 0 aromatic heterocycles. The lowest BCUT2D eigenvalue weighted by molar-refractivity contribution is 0.0247. The molecule has 0 bridgehead atoms. The second kappa shape index (κ2) is 5.21. The first kappa shape index (κ1) is 11.3. The van der Waals surface area contributed by atoms with E-state index in [4.69, 9.17) is 10.5 Å². The summed E-state index contributed by atoms with van der Waals surface area (Å²) in [6.45, 7) is 3.83. The van der Waals surface area contributed by atoms with Crippen molar-refractivity contribution in [1.29, 1.82) is 0 Å². The minimum atomic E-state index is 0.356. The number of benzene rings is 1. The monoisotopic (exact) mass is 220 g/mol. The van der Waals surface area contributed by atoms with Gasteiger partial charge in [-0.3, -0.25) is 0 Å². The Bertz CT molecular complexity index is 346. The number of ether oxygens (including phenoxy) is 1. The summed E-state index contributed by atoms with van der Waals surface area (Å²) in [5.74, 6) is 0. The maximum absolute atomic E-state index is 5.86. The highest BCUT2D eigenvalue weighted by Gasteiger charge is 2.13. The minimum absolute atomic E-state index is 0.356. The van der Waals surface area contributed by atoms with Crippen LogP contribution >= 0.6 is 0 Å². The van der Waals surface area contributed by atoms with Gasteiger partial charge >= 0.3 is 0 Å². The fraction of sp³-hybridized carbons (Fsp3) is 0.538. The molecule has 1 unspecified atom stereocenters. The molecule has 1 fully saturated rings. The highest BCUT2D eigenvalue weighted by molar-refractivity contribution is 5.62. The Morgan fingerprint density at radius 3 is 3.06 bits per heavy atom. The second-order valence-electron chi connectivity index (χ2n) is 4.39. The number of hydrogen-bond donors (Lipinski definition) is 2. The van der Waals surface area contributed by atoms with E-state index in [0.29, 0.717) is 6.10 Å². The van der Waals surface area contributed by atoms with Gasteiger partial charge in [0.1, 0.15) is 0 Å². The van der Waals surface area contributed by atoms with E-state index in [1.807, 2.05) is 19.1 Å². The van der Waals surface area contributed by atoms with Gasteiger partial charge in [-0.2, -0.15) is 0 Å². The summed E-state index contributed by atoms with van der Waals surface area (Å²) in [7, 11) is 0. The molecule has 1 aromatic rings. The summed E-state index contributed by atoms with van der Waals surface area (Å²) in [4.78, 5) is 0. The Morgan fingerprint density at radius 2 is 2.31 bits per heavy atom. The lowest BCUT2D eigenvalue weighted by Gasteiger charge is -2.23. The Morgan fingerprint density at radius 1 is 1.44 bits per heavy atom. The summed E-state index contributed by atoms with van der Waals surface area (Å²) in [5, 5.41) is 3.42. The van der Waals surface area contributed by atoms with Crippen molar-refractivity contribution in [1.82, 2.24) is 0 Å². The molecule has 2 rings (SSSR count). The van der Waals surface area contributed by atoms with Crippen LogP contribution in [0.25, 0.3) is 0 Å². The van der Waals surface area contributed by atoms with Gasteiger partial charge < -0.3 is 15.8 Å². The van der Waals surface area contributed by atoms with Crippen molar-refractivity contribution in [3.8, 4) is 0 Å². The van der Waals surface area contributed by atoms with E-state index in [-0.39, 0.29) is 0 Å². The van der Waals surface area contributed by atoms with Crippen LogP contribution in [-0.2, 0) is 4.74 Å². The smallest absolute Gasteiger partial charge is 0.0747 e. The quantitative estimate of drug-likeness (QED) is 0.770. The molecule has 0 aliphatic carbocycles. The number of nitrogen functional groups attached to an aromatic ring is 1. The van der Waals surface area contributed by atoms with Gasteiger partial charge in [0.25, 0.3) is 0 Å². The summed E-state index contributed by atoms with van der Waals surface area (Å²) in [6, 6.07) is 5.97. The van der Waals surface area contributed by atoms with Crippen molar-refractivity contribution < 1.29 is 4.74 Å². The maximum Gasteiger partial charge on any atom is 0.0747 e. The van der Waals surface area contributed by atoms with E-state index in [9.17, 15) is 0 Å². The third kappa shape index (κ3) is 2.67. The summed E-state index contributed by atoms with van der Waals surface area (Å²) < 4.78 is 5.68. The van der Waals surface area contributed by atoms with Gasteiger partial charge in [0.15, 0.2) is 0 Å². The van der Waals surface area contributed by atoms with Crippen molar-refractivity contribution in [3.63, 3.8) is 0 Å². The zero-order valence-electron chi connectivity index (χ0n) is 9.83. The molecule has 1 aliphatic rings. The summed E-state index contributed by atoms with van der Waals surface area (Å²) >= 11 is 0. The molecule has 1 saturated heterocycles. The van der Waals surface area contributed by atoms with Gasteiger partial charge in [-0.05, 0) is 43.9 Å². The van der Waals surface area contributed by atoms with Crippen LogP contribution in [0, 0.1) is 6.92 Å². The molecule has 3 N–H and O–H groups in total. The van der Waals surface area contributed by atoms with E-state index in [0.717, 1.165) is 36.5 Å². The molecule has 88 valence electrons. The topological polar surface area (TPSA) is 47.3 Å². The van der Waals surface area contributed by atoms with E-state index in [2.05, 4.69) is 11.4 Å². The molecule has 0 radical (unpaired) electrons. The molecule has 3 heteroatoms. The summed E-state index contributed by atoms with van der Waals surface area (Å²) in [6.07, 6.45) is 4.00. The van der Waals surface area contributed by atoms with Crippen molar-refractivity contribution >= 4 is 11.4 Å². The van der Waals surface area contributed by atoms with E-state index in [1.165, 1.54) is 12.8 Å². The molecule has 0 spiro atoms. The zero-order valence-corrected chi connectivity index (χ0v) is 9.83. The lowest BCUT2D eigenvalue weighted by atomic mass is 10.1. The normalized spacial score (nSPS) is 20.7. The minimum Gasteiger partial charge on any atom is -0.398 e. The molecule has 1 heterocycles. The number of anilines is 2. The van der Waals surface area contributed by atoms with Crippen LogP contribution in [0.3, 0.4) is 0 Å². The molecule has 1 aromatic carbocycles. The van der Waals surface area contributed by atoms with Gasteiger partial charge in [-0.25, -0.2) is 0 Å². The molecule has 0 saturated carbocycles. The van der Waals surface area contributed by atoms with Gasteiger partial charge in [-0.1, -0.05) is 6.07 Å². The lowest BCUT2D eigenvalue weighted by Crippen LogP contribution is -2.27. The van der Waals surface area contributed by atoms with Crippen LogP contribution in [0.1, 0.15) is 24.8 Å². The standard InChI is InChI=1S/C13H20N2O/c1-10-12(14)6-4-7-13(10)15-9-11-5-2-3-8-16-11/h4,6-7,11,15H,2-3,5,8-9,14H2,1H3. The van der Waals surface area contributed by atoms with E-state index in [1.54, 1.807) is 0 Å². The van der Waals surface area contributed by atoms with Crippen LogP contribution in [0.4, 0.5) is 11.4 Å². The number of rotatable bonds is 3. The number of nitrogens with two attached hydrogens (primary N) is 1. The van der Waals surface area contributed by atoms with Crippen molar-refractivity contribution in [2.75, 3.05) is 24.2 Å². The van der Waals surface area contributed by atoms with Gasteiger partial charge in [0, 0.05) is 24.5 Å². The Hall–Kier alpha value is -1.22. The number of nitrogens with one attached hydrogen (secondary N) is 1. The third-order valence-electron chi connectivity index (χ3n) is 3.17. The zero-order chi connectivity index (χ0) is 11.4. The first-order valence-electron chi connectivity index (χ1n) is 5.98. The average molecular weight is 220 g/mol. The molecule has 1 atom stereocenters. The molecule has 3 nitrogen and oxygen atoms in total. The average Bonchev–Trinajstić information content (AvgIpc) is 2.32. The highest BCUT2D eigenvalue weighted by Crippen LogP contribution is 2.21. The van der Waals surface area contributed by atoms with Crippen LogP contribution in [-0.4, -0.2) is 19.3 Å². The maximum atomic E-state index is 5.86. The Labute approximate surface area is 97.0 Å². The molecular weight excluding hydrogens is 200 g/mol. The van der Waals surface area contributed by atoms with Crippen molar-refractivity contribution in [3.05, 3.63) is 23.8 Å². The van der Waals surface area contributed by atoms with Gasteiger partial charge in [0.2, 0.25) is 0 Å². The predicted molar refractivity (Wildman–Crippen MR) is 67.7 cm³/mol. The SMILES string of the molecule is Cc1c(N)cccc1NCC1CCCCO1. The van der Waals surface area contributed by atoms with Gasteiger partial charge in [0.05, 0.1) is 6.10 Å². The van der Waals surface area contributed by atoms with Crippen LogP contribution < -0.4 is 11.1 Å². The van der Waals surface area contributed by atoms with E-state index < -0.39 is 0 Å². The second-order valence-corrected chi connectivity index (χ2v) is 4.39. The molecular formula is C13H20N2O. The van der Waals surface area contributed by atoms with Crippen LogP contribution in [0.5, 0.6) is 0 Å². The fourth-order valence-electron chi connectivity index (χ4n) is 2.04. The molecule has 1 aliphatic heterocycles. The molecule has 16 heavy (non-hydrogen) atoms. The van der Waals surface area contributed by atoms with Crippen molar-refractivity contribution in [2.45, 2.75) is 32.3 Å². The summed E-state index contributed by atoms with van der Waals surface area (Å²) in [5.41, 5.74) is 8.94.